The Morgan fingerprint density at radius 1 is 1.14 bits per heavy atom. The molecule has 3 heterocycles. The molecule has 0 unspecified atom stereocenters. The van der Waals surface area contributed by atoms with Gasteiger partial charge in [-0.2, -0.15) is 10.4 Å². The van der Waals surface area contributed by atoms with Gasteiger partial charge in [-0.1, -0.05) is 18.2 Å². The van der Waals surface area contributed by atoms with Gasteiger partial charge in [-0.15, -0.1) is 10.2 Å². The lowest BCUT2D eigenvalue weighted by atomic mass is 10.0. The number of aromatic nitrogens is 5. The topological polar surface area (TPSA) is 180 Å². The fraction of sp³-hybridized carbons (Fsp3) is 0.267. The number of nitrogens with zero attached hydrogens (tertiary/aromatic N) is 7. The lowest BCUT2D eigenvalue weighted by Gasteiger charge is -2.18. The minimum Gasteiger partial charge on any atom is -0.494 e. The average molecular weight is 595 g/mol. The number of amides is 3. The van der Waals surface area contributed by atoms with Crippen LogP contribution in [0.2, 0.25) is 0 Å². The van der Waals surface area contributed by atoms with Crippen LogP contribution in [-0.2, 0) is 18.4 Å². The van der Waals surface area contributed by atoms with Crippen LogP contribution < -0.4 is 20.7 Å². The van der Waals surface area contributed by atoms with Gasteiger partial charge in [-0.25, -0.2) is 0 Å². The molecule has 3 N–H and O–H groups in total. The van der Waals surface area contributed by atoms with E-state index in [2.05, 4.69) is 42.3 Å². The van der Waals surface area contributed by atoms with E-state index in [0.29, 0.717) is 39.6 Å². The number of aryl methyl sites for hydroxylation is 1. The minimum absolute atomic E-state index is 0.0298. The van der Waals surface area contributed by atoms with E-state index >= 15 is 0 Å². The Morgan fingerprint density at radius 2 is 1.93 bits per heavy atom. The highest BCUT2D eigenvalue weighted by Crippen LogP contribution is 2.38. The maximum absolute atomic E-state index is 13.0. The molecule has 1 aliphatic rings. The number of nitriles is 1. The van der Waals surface area contributed by atoms with Crippen LogP contribution >= 0.6 is 0 Å². The summed E-state index contributed by atoms with van der Waals surface area (Å²) in [6, 6.07) is 14.0. The molecule has 0 radical (unpaired) electrons. The van der Waals surface area contributed by atoms with E-state index < -0.39 is 5.91 Å². The third-order valence-corrected chi connectivity index (χ3v) is 7.01. The molecule has 14 nitrogen and oxygen atoms in total. The summed E-state index contributed by atoms with van der Waals surface area (Å²) in [6.45, 7) is 0.215. The van der Waals surface area contributed by atoms with E-state index in [-0.39, 0.29) is 41.5 Å². The predicted molar refractivity (Wildman–Crippen MR) is 160 cm³/mol. The Labute approximate surface area is 253 Å². The van der Waals surface area contributed by atoms with E-state index in [1.165, 1.54) is 23.7 Å². The number of hydrogen-bond donors (Lipinski definition) is 3. The smallest absolute Gasteiger partial charge is 0.273 e. The van der Waals surface area contributed by atoms with Crippen molar-refractivity contribution in [2.45, 2.75) is 19.4 Å². The standard InChI is InChI=1S/C30H30N10O4/c1-32-29(42)26-24(13-25(36-37-26)35-28(41)17-8-9-17)34-22-7-5-6-21(27(22)44-4)18-10-11-23(33-15-18)30(43)39(2)16-19-12-20(14-31)40(3)38-19/h5-7,10-13,15,17H,8-9,16H2,1-4H3,(H,32,42)(H2,34,35,36,41). The van der Waals surface area contributed by atoms with Crippen molar-refractivity contribution in [2.24, 2.45) is 13.0 Å². The molecule has 4 aromatic rings. The van der Waals surface area contributed by atoms with Gasteiger partial charge in [-0.3, -0.25) is 24.0 Å². The highest BCUT2D eigenvalue weighted by Gasteiger charge is 2.30. The summed E-state index contributed by atoms with van der Waals surface area (Å²) in [6.07, 6.45) is 3.24. The molecule has 1 fully saturated rings. The maximum atomic E-state index is 13.0. The highest BCUT2D eigenvalue weighted by molar-refractivity contribution is 6.00. The summed E-state index contributed by atoms with van der Waals surface area (Å²) >= 11 is 0. The molecule has 5 rings (SSSR count). The molecule has 1 aliphatic carbocycles. The monoisotopic (exact) mass is 594 g/mol. The molecule has 0 saturated heterocycles. The first-order chi connectivity index (χ1) is 21.2. The van der Waals surface area contributed by atoms with Gasteiger partial charge in [-0.05, 0) is 31.0 Å². The average Bonchev–Trinajstić information content (AvgIpc) is 3.83. The summed E-state index contributed by atoms with van der Waals surface area (Å²) in [5, 5.41) is 30.0. The lowest BCUT2D eigenvalue weighted by molar-refractivity contribution is -0.117. The van der Waals surface area contributed by atoms with Crippen molar-refractivity contribution < 1.29 is 19.1 Å². The fourth-order valence-electron chi connectivity index (χ4n) is 4.53. The molecule has 0 bridgehead atoms. The van der Waals surface area contributed by atoms with Crippen LogP contribution in [-0.4, -0.2) is 68.8 Å². The largest absolute Gasteiger partial charge is 0.494 e. The molecule has 14 heteroatoms. The second kappa shape index (κ2) is 12.6. The summed E-state index contributed by atoms with van der Waals surface area (Å²) in [5.41, 5.74) is 3.47. The first-order valence-electron chi connectivity index (χ1n) is 13.7. The Morgan fingerprint density at radius 3 is 2.57 bits per heavy atom. The highest BCUT2D eigenvalue weighted by atomic mass is 16.5. The number of anilines is 3. The molecule has 0 atom stereocenters. The van der Waals surface area contributed by atoms with Crippen LogP contribution in [0.3, 0.4) is 0 Å². The summed E-state index contributed by atoms with van der Waals surface area (Å²) in [7, 11) is 6.32. The molecule has 3 amide bonds. The predicted octanol–water partition coefficient (Wildman–Crippen LogP) is 2.88. The number of rotatable bonds is 10. The maximum Gasteiger partial charge on any atom is 0.273 e. The van der Waals surface area contributed by atoms with Gasteiger partial charge in [0.15, 0.2) is 11.5 Å². The van der Waals surface area contributed by atoms with Crippen LogP contribution in [0.25, 0.3) is 11.1 Å². The first-order valence-corrected chi connectivity index (χ1v) is 13.7. The zero-order valence-electron chi connectivity index (χ0n) is 24.6. The summed E-state index contributed by atoms with van der Waals surface area (Å²) < 4.78 is 7.23. The SMILES string of the molecule is CNC(=O)c1nnc(NC(=O)C2CC2)cc1Nc1cccc(-c2ccc(C(=O)N(C)Cc3cc(C#N)n(C)n3)nc2)c1OC. The van der Waals surface area contributed by atoms with Gasteiger partial charge in [0.25, 0.3) is 11.8 Å². The van der Waals surface area contributed by atoms with E-state index in [4.69, 9.17) is 10.00 Å². The molecule has 0 aliphatic heterocycles. The van der Waals surface area contributed by atoms with Gasteiger partial charge in [0.1, 0.15) is 23.2 Å². The van der Waals surface area contributed by atoms with Gasteiger partial charge < -0.3 is 25.6 Å². The zero-order chi connectivity index (χ0) is 31.4. The van der Waals surface area contributed by atoms with Crippen LogP contribution in [0.15, 0.2) is 48.7 Å². The summed E-state index contributed by atoms with van der Waals surface area (Å²) in [4.78, 5) is 43.8. The Bertz CT molecular complexity index is 1770. The third-order valence-electron chi connectivity index (χ3n) is 7.01. The van der Waals surface area contributed by atoms with Crippen LogP contribution in [0, 0.1) is 17.2 Å². The number of carbonyl (C=O) groups is 3. The van der Waals surface area contributed by atoms with Crippen molar-refractivity contribution in [1.29, 1.82) is 5.26 Å². The number of para-hydroxylation sites is 1. The third kappa shape index (κ3) is 6.31. The van der Waals surface area contributed by atoms with Gasteiger partial charge in [0.05, 0.1) is 30.7 Å². The van der Waals surface area contributed by atoms with Crippen LogP contribution in [0.5, 0.6) is 5.75 Å². The molecule has 1 saturated carbocycles. The van der Waals surface area contributed by atoms with Crippen molar-refractivity contribution in [3.63, 3.8) is 0 Å². The van der Waals surface area contributed by atoms with E-state index in [0.717, 1.165) is 12.8 Å². The van der Waals surface area contributed by atoms with Crippen molar-refractivity contribution in [3.05, 3.63) is 71.4 Å². The molecule has 44 heavy (non-hydrogen) atoms. The number of pyridine rings is 1. The fourth-order valence-corrected chi connectivity index (χ4v) is 4.53. The number of methoxy groups -OCH3 is 1. The number of carbonyl (C=O) groups excluding carboxylic acids is 3. The molecule has 224 valence electrons. The number of benzene rings is 1. The summed E-state index contributed by atoms with van der Waals surface area (Å²) in [5.74, 6) is -0.258. The molecule has 3 aromatic heterocycles. The van der Waals surface area contributed by atoms with E-state index in [9.17, 15) is 14.4 Å². The second-order valence-corrected chi connectivity index (χ2v) is 10.2. The first kappa shape index (κ1) is 29.6. The molecule has 1 aromatic carbocycles. The van der Waals surface area contributed by atoms with Gasteiger partial charge in [0.2, 0.25) is 5.91 Å². The lowest BCUT2D eigenvalue weighted by Crippen LogP contribution is -2.27. The van der Waals surface area contributed by atoms with Crippen LogP contribution in [0.1, 0.15) is 45.2 Å². The van der Waals surface area contributed by atoms with Crippen molar-refractivity contribution in [1.82, 2.24) is 35.2 Å². The van der Waals surface area contributed by atoms with Crippen molar-refractivity contribution in [3.8, 4) is 22.9 Å². The number of ether oxygens (including phenoxy) is 1. The van der Waals surface area contributed by atoms with Crippen molar-refractivity contribution in [2.75, 3.05) is 31.8 Å². The van der Waals surface area contributed by atoms with Gasteiger partial charge in [0, 0.05) is 50.5 Å². The van der Waals surface area contributed by atoms with Crippen molar-refractivity contribution >= 4 is 34.9 Å². The number of nitrogens with one attached hydrogen (secondary N) is 3. The molecular formula is C30H30N10O4. The Hall–Kier alpha value is -5.84. The van der Waals surface area contributed by atoms with E-state index in [1.54, 1.807) is 56.7 Å². The number of hydrogen-bond acceptors (Lipinski definition) is 10. The quantitative estimate of drug-likeness (QED) is 0.247. The molecule has 0 spiro atoms. The van der Waals surface area contributed by atoms with E-state index in [1.807, 2.05) is 6.07 Å². The Balaban J connectivity index is 1.38. The van der Waals surface area contributed by atoms with Crippen LogP contribution in [0.4, 0.5) is 17.2 Å². The minimum atomic E-state index is -0.460. The zero-order valence-corrected chi connectivity index (χ0v) is 24.6. The molecular weight excluding hydrogens is 564 g/mol. The second-order valence-electron chi connectivity index (χ2n) is 10.2. The van der Waals surface area contributed by atoms with Gasteiger partial charge >= 0.3 is 0 Å². The Kier molecular flexibility index (Phi) is 8.47. The normalized spacial score (nSPS) is 12.2.